The Morgan fingerprint density at radius 1 is 0.412 bits per heavy atom. The fraction of sp³-hybridized carbons (Fsp3) is 0. The van der Waals surface area contributed by atoms with E-state index in [2.05, 4.69) is 108 Å². The third kappa shape index (κ3) is 3.04. The summed E-state index contributed by atoms with van der Waals surface area (Å²) in [6, 6.07) is 38.9. The highest BCUT2D eigenvalue weighted by atomic mass is 14.7. The molecule has 0 bridgehead atoms. The minimum absolute atomic E-state index is 0.970. The van der Waals surface area contributed by atoms with E-state index < -0.39 is 0 Å². The molecule has 0 unspecified atom stereocenters. The second-order valence-electron chi connectivity index (χ2n) is 8.73. The maximum absolute atomic E-state index is 4.73. The SMILES string of the molecule is c1cnc2cc(-c3ccnc(-c4ccc5ccc6ccc7ccccc7c6c5c4)c3)ccc2c1. The molecule has 0 aliphatic carbocycles. The molecule has 34 heavy (non-hydrogen) atoms. The number of fused-ring (bicyclic) bond motifs is 6. The van der Waals surface area contributed by atoms with Crippen LogP contribution in [0.25, 0.3) is 65.6 Å². The Morgan fingerprint density at radius 2 is 1.12 bits per heavy atom. The second kappa shape index (κ2) is 7.50. The highest BCUT2D eigenvalue weighted by Gasteiger charge is 2.09. The molecule has 0 saturated carbocycles. The van der Waals surface area contributed by atoms with Crippen molar-refractivity contribution >= 4 is 43.2 Å². The Morgan fingerprint density at radius 3 is 2.06 bits per heavy atom. The van der Waals surface area contributed by atoms with Crippen molar-refractivity contribution in [2.75, 3.05) is 0 Å². The molecule has 158 valence electrons. The zero-order valence-electron chi connectivity index (χ0n) is 18.4. The lowest BCUT2D eigenvalue weighted by Crippen LogP contribution is -1.88. The van der Waals surface area contributed by atoms with Gasteiger partial charge in [-0.25, -0.2) is 0 Å². The van der Waals surface area contributed by atoms with E-state index in [1.165, 1.54) is 32.3 Å². The molecule has 7 aromatic rings. The molecule has 7 rings (SSSR count). The summed E-state index contributed by atoms with van der Waals surface area (Å²) in [5.41, 5.74) is 5.38. The zero-order valence-corrected chi connectivity index (χ0v) is 18.4. The van der Waals surface area contributed by atoms with Crippen molar-refractivity contribution in [3.8, 4) is 22.4 Å². The van der Waals surface area contributed by atoms with E-state index in [1.54, 1.807) is 0 Å². The van der Waals surface area contributed by atoms with Gasteiger partial charge in [0.2, 0.25) is 0 Å². The van der Waals surface area contributed by atoms with E-state index in [1.807, 2.05) is 18.5 Å². The van der Waals surface area contributed by atoms with Gasteiger partial charge >= 0.3 is 0 Å². The molecule has 0 aliphatic rings. The van der Waals surface area contributed by atoms with Crippen LogP contribution >= 0.6 is 0 Å². The first-order valence-corrected chi connectivity index (χ1v) is 11.5. The van der Waals surface area contributed by atoms with E-state index in [0.717, 1.165) is 33.3 Å². The topological polar surface area (TPSA) is 25.8 Å². The predicted molar refractivity (Wildman–Crippen MR) is 143 cm³/mol. The number of hydrogen-bond donors (Lipinski definition) is 0. The third-order valence-electron chi connectivity index (χ3n) is 6.72. The first kappa shape index (κ1) is 19.0. The summed E-state index contributed by atoms with van der Waals surface area (Å²) in [7, 11) is 0. The minimum Gasteiger partial charge on any atom is -0.256 e. The van der Waals surface area contributed by atoms with Crippen LogP contribution in [-0.2, 0) is 0 Å². The van der Waals surface area contributed by atoms with Crippen LogP contribution in [0, 0.1) is 0 Å². The van der Waals surface area contributed by atoms with Gasteiger partial charge in [-0.1, -0.05) is 78.9 Å². The molecule has 2 nitrogen and oxygen atoms in total. The summed E-state index contributed by atoms with van der Waals surface area (Å²) in [4.78, 5) is 9.25. The van der Waals surface area contributed by atoms with Gasteiger partial charge in [0.1, 0.15) is 0 Å². The van der Waals surface area contributed by atoms with Gasteiger partial charge in [-0.05, 0) is 73.8 Å². The monoisotopic (exact) mass is 432 g/mol. The van der Waals surface area contributed by atoms with E-state index in [9.17, 15) is 0 Å². The lowest BCUT2D eigenvalue weighted by molar-refractivity contribution is 1.33. The number of benzene rings is 5. The zero-order chi connectivity index (χ0) is 22.5. The van der Waals surface area contributed by atoms with Crippen molar-refractivity contribution in [2.45, 2.75) is 0 Å². The molecular formula is C32H20N2. The molecule has 0 aliphatic heterocycles. The van der Waals surface area contributed by atoms with Crippen LogP contribution in [0.3, 0.4) is 0 Å². The number of rotatable bonds is 2. The van der Waals surface area contributed by atoms with Crippen LogP contribution in [0.4, 0.5) is 0 Å². The maximum atomic E-state index is 4.73. The average Bonchev–Trinajstić information content (AvgIpc) is 2.92. The van der Waals surface area contributed by atoms with E-state index in [-0.39, 0.29) is 0 Å². The highest BCUT2D eigenvalue weighted by molar-refractivity contribution is 6.20. The van der Waals surface area contributed by atoms with Crippen molar-refractivity contribution in [1.82, 2.24) is 9.97 Å². The van der Waals surface area contributed by atoms with Gasteiger partial charge in [0, 0.05) is 23.3 Å². The van der Waals surface area contributed by atoms with Crippen molar-refractivity contribution in [3.05, 3.63) is 122 Å². The lowest BCUT2D eigenvalue weighted by atomic mass is 9.94. The number of hydrogen-bond acceptors (Lipinski definition) is 2. The van der Waals surface area contributed by atoms with Crippen molar-refractivity contribution in [2.24, 2.45) is 0 Å². The Bertz CT molecular complexity index is 1860. The maximum Gasteiger partial charge on any atom is 0.0708 e. The van der Waals surface area contributed by atoms with Gasteiger partial charge in [0.05, 0.1) is 11.2 Å². The van der Waals surface area contributed by atoms with Crippen LogP contribution in [-0.4, -0.2) is 9.97 Å². The number of nitrogens with zero attached hydrogens (tertiary/aromatic N) is 2. The highest BCUT2D eigenvalue weighted by Crippen LogP contribution is 2.35. The Hall–Kier alpha value is -4.56. The molecule has 0 amide bonds. The third-order valence-corrected chi connectivity index (χ3v) is 6.72. The van der Waals surface area contributed by atoms with Gasteiger partial charge in [0.15, 0.2) is 0 Å². The molecule has 2 heteroatoms. The summed E-state index contributed by atoms with van der Waals surface area (Å²) in [5.74, 6) is 0. The summed E-state index contributed by atoms with van der Waals surface area (Å²) in [5, 5.41) is 8.75. The molecular weight excluding hydrogens is 412 g/mol. The smallest absolute Gasteiger partial charge is 0.0708 e. The van der Waals surface area contributed by atoms with Crippen LogP contribution in [0.15, 0.2) is 122 Å². The van der Waals surface area contributed by atoms with Crippen LogP contribution in [0.1, 0.15) is 0 Å². The van der Waals surface area contributed by atoms with E-state index in [4.69, 9.17) is 4.98 Å². The quantitative estimate of drug-likeness (QED) is 0.256. The number of aromatic nitrogens is 2. The molecule has 0 fully saturated rings. The molecule has 5 aromatic carbocycles. The first-order valence-electron chi connectivity index (χ1n) is 11.5. The van der Waals surface area contributed by atoms with Gasteiger partial charge in [-0.2, -0.15) is 0 Å². The largest absolute Gasteiger partial charge is 0.256 e. The van der Waals surface area contributed by atoms with Gasteiger partial charge < -0.3 is 0 Å². The number of pyridine rings is 2. The summed E-state index contributed by atoms with van der Waals surface area (Å²) in [6.07, 6.45) is 3.74. The predicted octanol–water partition coefficient (Wildman–Crippen LogP) is 8.42. The molecule has 0 saturated heterocycles. The lowest BCUT2D eigenvalue weighted by Gasteiger charge is -2.11. The second-order valence-corrected chi connectivity index (χ2v) is 8.73. The van der Waals surface area contributed by atoms with Gasteiger partial charge in [0.25, 0.3) is 0 Å². The summed E-state index contributed by atoms with van der Waals surface area (Å²) in [6.45, 7) is 0. The Kier molecular flexibility index (Phi) is 4.18. The van der Waals surface area contributed by atoms with Crippen LogP contribution in [0.5, 0.6) is 0 Å². The first-order chi connectivity index (χ1) is 16.8. The van der Waals surface area contributed by atoms with Gasteiger partial charge in [-0.3, -0.25) is 9.97 Å². The van der Waals surface area contributed by atoms with Gasteiger partial charge in [-0.15, -0.1) is 0 Å². The fourth-order valence-corrected chi connectivity index (χ4v) is 5.00. The Labute approximate surface area is 197 Å². The molecule has 0 atom stereocenters. The average molecular weight is 433 g/mol. The standard InChI is InChI=1S/C32H20N2/c1-2-6-28-21(4-1)7-11-24-12-8-22-9-14-27(18-29(22)32(24)28)31-20-26(15-17-34-31)25-13-10-23-5-3-16-33-30(23)19-25/h1-20H. The molecule has 2 aromatic heterocycles. The van der Waals surface area contributed by atoms with Crippen molar-refractivity contribution < 1.29 is 0 Å². The normalized spacial score (nSPS) is 11.5. The molecule has 0 N–H and O–H groups in total. The van der Waals surface area contributed by atoms with Crippen molar-refractivity contribution in [3.63, 3.8) is 0 Å². The molecule has 0 spiro atoms. The van der Waals surface area contributed by atoms with Crippen LogP contribution in [0.2, 0.25) is 0 Å². The summed E-state index contributed by atoms with van der Waals surface area (Å²) < 4.78 is 0. The van der Waals surface area contributed by atoms with Crippen molar-refractivity contribution in [1.29, 1.82) is 0 Å². The summed E-state index contributed by atoms with van der Waals surface area (Å²) >= 11 is 0. The van der Waals surface area contributed by atoms with Crippen LogP contribution < -0.4 is 0 Å². The van der Waals surface area contributed by atoms with E-state index >= 15 is 0 Å². The minimum atomic E-state index is 0.970. The van der Waals surface area contributed by atoms with E-state index in [0.29, 0.717) is 0 Å². The Balaban J connectivity index is 1.42. The fourth-order valence-electron chi connectivity index (χ4n) is 5.00. The molecule has 2 heterocycles. The molecule has 0 radical (unpaired) electrons.